The zero-order chi connectivity index (χ0) is 23.5. The summed E-state index contributed by atoms with van der Waals surface area (Å²) >= 11 is 1.63. The van der Waals surface area contributed by atoms with Crippen molar-refractivity contribution in [1.29, 1.82) is 0 Å². The summed E-state index contributed by atoms with van der Waals surface area (Å²) in [5.41, 5.74) is 1.72. The van der Waals surface area contributed by atoms with E-state index in [2.05, 4.69) is 25.4 Å². The normalized spacial score (nSPS) is 19.3. The summed E-state index contributed by atoms with van der Waals surface area (Å²) < 4.78 is 45.9. The highest BCUT2D eigenvalue weighted by Gasteiger charge is 2.39. The summed E-state index contributed by atoms with van der Waals surface area (Å²) in [4.78, 5) is 10.9. The van der Waals surface area contributed by atoms with Crippen molar-refractivity contribution in [2.75, 3.05) is 13.1 Å². The molecule has 5 rings (SSSR count). The summed E-state index contributed by atoms with van der Waals surface area (Å²) in [6.45, 7) is 1.88. The first kappa shape index (κ1) is 22.5. The quantitative estimate of drug-likeness (QED) is 0.512. The minimum absolute atomic E-state index is 0.0432. The van der Waals surface area contributed by atoms with Gasteiger partial charge in [-0.1, -0.05) is 0 Å². The van der Waals surface area contributed by atoms with Gasteiger partial charge in [0.2, 0.25) is 0 Å². The van der Waals surface area contributed by atoms with E-state index in [4.69, 9.17) is 9.72 Å². The maximum Gasteiger partial charge on any atom is 0.396 e. The van der Waals surface area contributed by atoms with Gasteiger partial charge in [-0.25, -0.2) is 14.7 Å². The molecule has 2 aliphatic heterocycles. The van der Waals surface area contributed by atoms with Gasteiger partial charge in [0.1, 0.15) is 24.5 Å². The number of rotatable bonds is 6. The molecule has 3 aromatic rings. The van der Waals surface area contributed by atoms with Crippen LogP contribution in [0.25, 0.3) is 5.69 Å². The third-order valence-corrected chi connectivity index (χ3v) is 6.99. The highest BCUT2D eigenvalue weighted by atomic mass is 32.1. The zero-order valence-corrected chi connectivity index (χ0v) is 18.9. The van der Waals surface area contributed by atoms with Crippen molar-refractivity contribution in [3.63, 3.8) is 0 Å². The monoisotopic (exact) mass is 489 g/mol. The second kappa shape index (κ2) is 9.53. The molecule has 12 heteroatoms. The van der Waals surface area contributed by atoms with Crippen molar-refractivity contribution in [1.82, 2.24) is 30.1 Å². The van der Waals surface area contributed by atoms with Gasteiger partial charge in [-0.15, -0.1) is 16.4 Å². The summed E-state index contributed by atoms with van der Waals surface area (Å²) in [7, 11) is 0. The zero-order valence-electron chi connectivity index (χ0n) is 18.1. The lowest BCUT2D eigenvalue weighted by Crippen LogP contribution is -2.34. The third-order valence-electron chi connectivity index (χ3n) is 5.94. The van der Waals surface area contributed by atoms with Gasteiger partial charge in [-0.05, 0) is 60.0 Å². The van der Waals surface area contributed by atoms with Gasteiger partial charge in [0.25, 0.3) is 0 Å². The van der Waals surface area contributed by atoms with E-state index in [9.17, 15) is 13.2 Å². The fourth-order valence-corrected chi connectivity index (χ4v) is 4.98. The van der Waals surface area contributed by atoms with Gasteiger partial charge >= 0.3 is 6.18 Å². The van der Waals surface area contributed by atoms with Crippen LogP contribution in [0, 0.1) is 5.92 Å². The van der Waals surface area contributed by atoms with Crippen LogP contribution in [-0.4, -0.2) is 55.6 Å². The van der Waals surface area contributed by atoms with Crippen molar-refractivity contribution in [2.24, 2.45) is 10.9 Å². The molecule has 4 heterocycles. The Balaban J connectivity index is 1.11. The fourth-order valence-electron chi connectivity index (χ4n) is 4.01. The van der Waals surface area contributed by atoms with Gasteiger partial charge in [0.15, 0.2) is 0 Å². The summed E-state index contributed by atoms with van der Waals surface area (Å²) in [6, 6.07) is 7.47. The lowest BCUT2D eigenvalue weighted by Gasteiger charge is -2.34. The Labute approximate surface area is 197 Å². The number of hydrogen-bond donors (Lipinski definition) is 0. The Kier molecular flexibility index (Phi) is 6.31. The van der Waals surface area contributed by atoms with Crippen molar-refractivity contribution >= 4 is 17.6 Å². The number of piperidine rings is 1. The molecule has 0 saturated carbocycles. The minimum Gasteiger partial charge on any atom is -0.487 e. The maximum absolute atomic E-state index is 12.8. The Morgan fingerprint density at radius 2 is 1.91 bits per heavy atom. The Bertz CT molecular complexity index is 1150. The SMILES string of the molecule is FC(F)(F)C1C=NC(N2CCC(c3nc(COc4ccc(-n5cnnn5)cc4)cs3)CC2)=CC1. The van der Waals surface area contributed by atoms with Crippen molar-refractivity contribution in [3.8, 4) is 11.4 Å². The smallest absolute Gasteiger partial charge is 0.396 e. The number of likely N-dealkylation sites (tertiary alicyclic amines) is 1. The first-order valence-electron chi connectivity index (χ1n) is 10.9. The van der Waals surface area contributed by atoms with Crippen molar-refractivity contribution < 1.29 is 17.9 Å². The number of tetrazole rings is 1. The van der Waals surface area contributed by atoms with E-state index in [-0.39, 0.29) is 6.42 Å². The molecule has 0 bridgehead atoms. The molecule has 0 radical (unpaired) electrons. The minimum atomic E-state index is -4.23. The Morgan fingerprint density at radius 3 is 2.56 bits per heavy atom. The van der Waals surface area contributed by atoms with E-state index in [1.54, 1.807) is 22.1 Å². The van der Waals surface area contributed by atoms with Crippen LogP contribution in [0.15, 0.2) is 52.9 Å². The summed E-state index contributed by atoms with van der Waals surface area (Å²) in [5.74, 6) is 0.238. The van der Waals surface area contributed by atoms with Crippen LogP contribution in [-0.2, 0) is 6.61 Å². The van der Waals surface area contributed by atoms with E-state index < -0.39 is 12.1 Å². The molecule has 0 N–H and O–H groups in total. The molecule has 1 aromatic carbocycles. The number of allylic oxidation sites excluding steroid dienone is 1. The first-order valence-corrected chi connectivity index (χ1v) is 11.8. The Morgan fingerprint density at radius 1 is 1.12 bits per heavy atom. The van der Waals surface area contributed by atoms with Crippen LogP contribution >= 0.6 is 11.3 Å². The highest BCUT2D eigenvalue weighted by Crippen LogP contribution is 2.34. The van der Waals surface area contributed by atoms with Gasteiger partial charge in [0.05, 0.1) is 22.3 Å². The number of halogens is 3. The van der Waals surface area contributed by atoms with E-state index >= 15 is 0 Å². The summed E-state index contributed by atoms with van der Waals surface area (Å²) in [6.07, 6.45) is 1.67. The first-order chi connectivity index (χ1) is 16.5. The molecule has 1 saturated heterocycles. The number of ether oxygens (including phenoxy) is 1. The van der Waals surface area contributed by atoms with Crippen LogP contribution in [0.5, 0.6) is 5.75 Å². The molecule has 0 spiro atoms. The predicted octanol–water partition coefficient (Wildman–Crippen LogP) is 4.37. The molecule has 1 atom stereocenters. The lowest BCUT2D eigenvalue weighted by atomic mass is 9.97. The van der Waals surface area contributed by atoms with Crippen LogP contribution in [0.4, 0.5) is 13.2 Å². The number of alkyl halides is 3. The lowest BCUT2D eigenvalue weighted by molar-refractivity contribution is -0.153. The number of aliphatic imine (C=N–C) groups is 1. The van der Waals surface area contributed by atoms with Crippen LogP contribution in [0.1, 0.15) is 35.9 Å². The molecule has 2 aliphatic rings. The van der Waals surface area contributed by atoms with Crippen molar-refractivity contribution in [2.45, 2.75) is 38.0 Å². The number of benzene rings is 1. The van der Waals surface area contributed by atoms with Crippen LogP contribution < -0.4 is 4.74 Å². The van der Waals surface area contributed by atoms with Crippen LogP contribution in [0.2, 0.25) is 0 Å². The topological polar surface area (TPSA) is 81.3 Å². The molecule has 34 heavy (non-hydrogen) atoms. The third kappa shape index (κ3) is 5.11. The predicted molar refractivity (Wildman–Crippen MR) is 120 cm³/mol. The van der Waals surface area contributed by atoms with E-state index in [1.165, 1.54) is 6.33 Å². The van der Waals surface area contributed by atoms with Gasteiger partial charge in [-0.2, -0.15) is 13.2 Å². The maximum atomic E-state index is 12.8. The molecule has 1 unspecified atom stereocenters. The molecule has 2 aromatic heterocycles. The van der Waals surface area contributed by atoms with Gasteiger partial charge in [-0.3, -0.25) is 0 Å². The standard InChI is InChI=1S/C22H22F3N7OS/c23-22(24,25)16-1-6-20(26-11-16)31-9-7-15(8-10-31)21-28-17(13-34-21)12-33-19-4-2-18(3-5-19)32-14-27-29-30-32/h2-6,11,13-16H,1,7-10,12H2. The molecular formula is C22H22F3N7OS. The molecule has 0 amide bonds. The fraction of sp³-hybridized carbons (Fsp3) is 0.409. The Hall–Kier alpha value is -3.28. The number of nitrogens with zero attached hydrogens (tertiary/aromatic N) is 7. The van der Waals surface area contributed by atoms with Crippen molar-refractivity contribution in [3.05, 3.63) is 58.6 Å². The second-order valence-corrected chi connectivity index (χ2v) is 9.09. The van der Waals surface area contributed by atoms with Gasteiger partial charge < -0.3 is 9.64 Å². The molecule has 8 nitrogen and oxygen atoms in total. The average molecular weight is 490 g/mol. The average Bonchev–Trinajstić information content (AvgIpc) is 3.56. The number of hydrogen-bond acceptors (Lipinski definition) is 8. The molecular weight excluding hydrogens is 467 g/mol. The summed E-state index contributed by atoms with van der Waals surface area (Å²) in [5, 5.41) is 14.2. The van der Waals surface area contributed by atoms with E-state index in [1.807, 2.05) is 29.6 Å². The molecule has 178 valence electrons. The van der Waals surface area contributed by atoms with Crippen LogP contribution in [0.3, 0.4) is 0 Å². The van der Waals surface area contributed by atoms with E-state index in [0.29, 0.717) is 18.3 Å². The number of aromatic nitrogens is 5. The second-order valence-electron chi connectivity index (χ2n) is 8.20. The largest absolute Gasteiger partial charge is 0.487 e. The molecule has 1 fully saturated rings. The highest BCUT2D eigenvalue weighted by molar-refractivity contribution is 7.09. The number of thiazole rings is 1. The molecule has 0 aliphatic carbocycles. The van der Waals surface area contributed by atoms with E-state index in [0.717, 1.165) is 54.3 Å². The van der Waals surface area contributed by atoms with Gasteiger partial charge in [0, 0.05) is 30.6 Å².